The van der Waals surface area contributed by atoms with Crippen molar-refractivity contribution in [2.45, 2.75) is 38.7 Å². The number of aryl methyl sites for hydroxylation is 4. The monoisotopic (exact) mass is 620 g/mol. The second kappa shape index (κ2) is 14.1. The molecule has 6 aromatic rings. The summed E-state index contributed by atoms with van der Waals surface area (Å²) in [5.41, 5.74) is 6.57. The first-order valence-electron chi connectivity index (χ1n) is 16.0. The average Bonchev–Trinajstić information content (AvgIpc) is 3.14. The van der Waals surface area contributed by atoms with Crippen LogP contribution in [0.25, 0.3) is 0 Å². The second-order valence-electron chi connectivity index (χ2n) is 11.7. The first-order chi connectivity index (χ1) is 22.3. The van der Waals surface area contributed by atoms with E-state index >= 15 is 0 Å². The molecule has 3 heteroatoms. The molecule has 0 radical (unpaired) electrons. The highest BCUT2D eigenvalue weighted by molar-refractivity contribution is 7.80. The zero-order valence-electron chi connectivity index (χ0n) is 25.5. The minimum atomic E-state index is -0.727. The van der Waals surface area contributed by atoms with Gasteiger partial charge in [-0.1, -0.05) is 146 Å². The van der Waals surface area contributed by atoms with E-state index in [1.165, 1.54) is 54.1 Å². The molecule has 4 aliphatic carbocycles. The Bertz CT molecular complexity index is 1780. The van der Waals surface area contributed by atoms with Gasteiger partial charge in [-0.2, -0.15) is 0 Å². The number of hydrogen-bond donors (Lipinski definition) is 1. The normalized spacial score (nSPS) is 13.0. The molecule has 0 saturated carbocycles. The van der Waals surface area contributed by atoms with Gasteiger partial charge in [0.05, 0.1) is 6.61 Å². The minimum Gasteiger partial charge on any atom is -0.392 e. The lowest BCUT2D eigenvalue weighted by atomic mass is 9.97. The molecule has 4 bridgehead atoms. The van der Waals surface area contributed by atoms with Crippen LogP contribution in [0.15, 0.2) is 152 Å². The third-order valence-corrected chi connectivity index (χ3v) is 13.9. The van der Waals surface area contributed by atoms with E-state index in [-0.39, 0.29) is 6.61 Å². The van der Waals surface area contributed by atoms with Gasteiger partial charge < -0.3 is 5.11 Å². The fourth-order valence-corrected chi connectivity index (χ4v) is 11.7. The predicted octanol–water partition coefficient (Wildman–Crippen LogP) is 6.97. The Morgan fingerprint density at radius 1 is 0.422 bits per heavy atom. The maximum atomic E-state index is 10.6. The van der Waals surface area contributed by atoms with Crippen LogP contribution in [-0.2, 0) is 32.3 Å². The summed E-state index contributed by atoms with van der Waals surface area (Å²) in [6, 6.07) is 56.3. The molecule has 0 heterocycles. The first kappa shape index (κ1) is 29.8. The van der Waals surface area contributed by atoms with E-state index in [4.69, 9.17) is 0 Å². The molecule has 0 amide bonds. The van der Waals surface area contributed by atoms with Gasteiger partial charge in [-0.05, 0) is 114 Å². The summed E-state index contributed by atoms with van der Waals surface area (Å²) in [5, 5.41) is 19.1. The van der Waals surface area contributed by atoms with E-state index in [9.17, 15) is 5.11 Å². The Labute approximate surface area is 270 Å². The molecule has 0 atom stereocenters. The lowest BCUT2D eigenvalue weighted by Crippen LogP contribution is -2.25. The van der Waals surface area contributed by atoms with Crippen LogP contribution in [0.2, 0.25) is 0 Å². The molecule has 0 unspecified atom stereocenters. The van der Waals surface area contributed by atoms with Gasteiger partial charge in [-0.3, -0.25) is 0 Å². The summed E-state index contributed by atoms with van der Waals surface area (Å²) in [4.78, 5) is 0. The summed E-state index contributed by atoms with van der Waals surface area (Å²) in [6.45, 7) is 0.0726. The van der Waals surface area contributed by atoms with Crippen molar-refractivity contribution in [2.75, 3.05) is 0 Å². The van der Waals surface area contributed by atoms with Crippen LogP contribution in [0.4, 0.5) is 0 Å². The summed E-state index contributed by atoms with van der Waals surface area (Å²) in [5.74, 6) is 0. The van der Waals surface area contributed by atoms with Crippen molar-refractivity contribution in [2.24, 2.45) is 0 Å². The second-order valence-corrected chi connectivity index (χ2v) is 16.1. The third-order valence-electron chi connectivity index (χ3n) is 8.84. The molecule has 4 aliphatic rings. The van der Waals surface area contributed by atoms with Crippen LogP contribution < -0.4 is 31.8 Å². The molecule has 10 rings (SSSR count). The molecule has 0 aromatic heterocycles. The lowest BCUT2D eigenvalue weighted by molar-refractivity contribution is 0.280. The van der Waals surface area contributed by atoms with Crippen molar-refractivity contribution < 1.29 is 5.11 Å². The van der Waals surface area contributed by atoms with E-state index in [1.807, 2.05) is 0 Å². The largest absolute Gasteiger partial charge is 0.392 e. The molecule has 45 heavy (non-hydrogen) atoms. The SMILES string of the molecule is OCc1cc2c(P(c3ccccc3)c3ccccc3)cc1CCc1ccc(cc1P(c1ccccc1)c1ccccc1)CCC2. The number of aliphatic hydroxyl groups excluding tert-OH is 1. The molecular weight excluding hydrogens is 582 g/mol. The van der Waals surface area contributed by atoms with Crippen molar-refractivity contribution in [3.63, 3.8) is 0 Å². The molecule has 0 spiro atoms. The highest BCUT2D eigenvalue weighted by atomic mass is 31.1. The lowest BCUT2D eigenvalue weighted by Gasteiger charge is -2.25. The maximum absolute atomic E-state index is 10.6. The van der Waals surface area contributed by atoms with Crippen molar-refractivity contribution in [1.29, 1.82) is 0 Å². The summed E-state index contributed by atoms with van der Waals surface area (Å²) in [7, 11) is -1.42. The van der Waals surface area contributed by atoms with Crippen LogP contribution >= 0.6 is 15.8 Å². The van der Waals surface area contributed by atoms with Crippen molar-refractivity contribution in [3.8, 4) is 0 Å². The zero-order valence-corrected chi connectivity index (χ0v) is 27.3. The van der Waals surface area contributed by atoms with E-state index in [0.29, 0.717) is 0 Å². The highest BCUT2D eigenvalue weighted by Gasteiger charge is 2.24. The number of aliphatic hydroxyl groups is 1. The van der Waals surface area contributed by atoms with Gasteiger partial charge in [0.1, 0.15) is 0 Å². The Kier molecular flexibility index (Phi) is 9.32. The van der Waals surface area contributed by atoms with Crippen LogP contribution in [0.3, 0.4) is 0 Å². The number of rotatable bonds is 7. The van der Waals surface area contributed by atoms with E-state index in [0.717, 1.165) is 37.7 Å². The van der Waals surface area contributed by atoms with Crippen molar-refractivity contribution in [1.82, 2.24) is 0 Å². The third kappa shape index (κ3) is 6.59. The Balaban J connectivity index is 1.35. The van der Waals surface area contributed by atoms with Crippen molar-refractivity contribution >= 4 is 47.7 Å². The molecule has 1 nitrogen and oxygen atoms in total. The molecular formula is C42H38OP2. The maximum Gasteiger partial charge on any atom is 0.0684 e. The first-order valence-corrected chi connectivity index (χ1v) is 18.6. The van der Waals surface area contributed by atoms with Gasteiger partial charge in [0.15, 0.2) is 0 Å². The number of hydrogen-bond acceptors (Lipinski definition) is 1. The van der Waals surface area contributed by atoms with E-state index in [2.05, 4.69) is 152 Å². The van der Waals surface area contributed by atoms with Crippen LogP contribution in [0.5, 0.6) is 0 Å². The van der Waals surface area contributed by atoms with Gasteiger partial charge in [0, 0.05) is 0 Å². The minimum absolute atomic E-state index is 0.0726. The average molecular weight is 621 g/mol. The molecule has 222 valence electrons. The fourth-order valence-electron chi connectivity index (χ4n) is 6.62. The van der Waals surface area contributed by atoms with Gasteiger partial charge in [-0.25, -0.2) is 0 Å². The quantitative estimate of drug-likeness (QED) is 0.191. The van der Waals surface area contributed by atoms with Crippen LogP contribution in [0.1, 0.15) is 34.2 Å². The number of benzene rings is 6. The Hall–Kier alpha value is -3.86. The summed E-state index contributed by atoms with van der Waals surface area (Å²) in [6.07, 6.45) is 4.93. The highest BCUT2D eigenvalue weighted by Crippen LogP contribution is 2.38. The Morgan fingerprint density at radius 2 is 0.889 bits per heavy atom. The molecule has 0 saturated heterocycles. The van der Waals surface area contributed by atoms with Crippen molar-refractivity contribution in [3.05, 3.63) is 179 Å². The fraction of sp³-hybridized carbons (Fsp3) is 0.143. The van der Waals surface area contributed by atoms with Gasteiger partial charge >= 0.3 is 0 Å². The standard InChI is InChI=1S/C42H38OP2/c43-31-36-29-35-15-13-14-32-24-25-33(41(28-32)44(37-16-5-1-6-17-37)38-18-7-2-8-19-38)26-27-34(36)30-42(35)45(39-20-9-3-10-21-39)40-22-11-4-12-23-40/h1-12,16-25,28-30,43H,13-15,26-27,31H2. The van der Waals surface area contributed by atoms with Gasteiger partial charge in [-0.15, -0.1) is 0 Å². The van der Waals surface area contributed by atoms with Gasteiger partial charge in [0.25, 0.3) is 0 Å². The van der Waals surface area contributed by atoms with E-state index in [1.54, 1.807) is 0 Å². The molecule has 0 fully saturated rings. The molecule has 6 aromatic carbocycles. The molecule has 1 N–H and O–H groups in total. The molecule has 0 aliphatic heterocycles. The summed E-state index contributed by atoms with van der Waals surface area (Å²) >= 11 is 0. The van der Waals surface area contributed by atoms with Crippen LogP contribution in [0, 0.1) is 0 Å². The topological polar surface area (TPSA) is 20.2 Å². The van der Waals surface area contributed by atoms with Crippen LogP contribution in [-0.4, -0.2) is 5.11 Å². The smallest absolute Gasteiger partial charge is 0.0684 e. The zero-order chi connectivity index (χ0) is 30.4. The summed E-state index contributed by atoms with van der Waals surface area (Å²) < 4.78 is 0. The predicted molar refractivity (Wildman–Crippen MR) is 196 cm³/mol. The van der Waals surface area contributed by atoms with E-state index < -0.39 is 15.8 Å². The Morgan fingerprint density at radius 3 is 1.38 bits per heavy atom. The van der Waals surface area contributed by atoms with Gasteiger partial charge in [0.2, 0.25) is 0 Å².